The molecule has 0 aliphatic carbocycles. The Balaban J connectivity index is 0.000000159. The normalized spacial score (nSPS) is 11.6. The van der Waals surface area contributed by atoms with Gasteiger partial charge in [0.05, 0.1) is 0 Å². The van der Waals surface area contributed by atoms with Gasteiger partial charge in [0.15, 0.2) is 0 Å². The van der Waals surface area contributed by atoms with Gasteiger partial charge in [-0.1, -0.05) is 195 Å². The Morgan fingerprint density at radius 1 is 0.246 bits per heavy atom. The summed E-state index contributed by atoms with van der Waals surface area (Å²) in [6, 6.07) is 161. The van der Waals surface area contributed by atoms with Crippen molar-refractivity contribution in [3.63, 3.8) is 0 Å². The van der Waals surface area contributed by atoms with Gasteiger partial charge in [0.1, 0.15) is 10.3 Å². The van der Waals surface area contributed by atoms with Crippen molar-refractivity contribution in [2.75, 3.05) is 0 Å². The first-order valence-electron chi connectivity index (χ1n) is 41.3. The zero-order valence-electron chi connectivity index (χ0n) is 71.4. The van der Waals surface area contributed by atoms with Crippen LogP contribution in [0.5, 0.6) is 0 Å². The Morgan fingerprint density at radius 2 is 0.470 bits per heavy atom. The van der Waals surface area contributed by atoms with E-state index < -0.39 is 11.9 Å². The van der Waals surface area contributed by atoms with Crippen LogP contribution in [-0.4, -0.2) is 37.0 Å². The smallest absolute Gasteiger partial charge is 0.657 e. The molecule has 2 unspecified atom stereocenters. The first-order chi connectivity index (χ1) is 64.4. The van der Waals surface area contributed by atoms with Gasteiger partial charge in [-0.25, -0.2) is 27.8 Å². The van der Waals surface area contributed by atoms with Crippen LogP contribution in [0.15, 0.2) is 419 Å². The molecular formula is C115H77Cl4F2N8Ni5-4. The fourth-order valence-electron chi connectivity index (χ4n) is 13.7. The van der Waals surface area contributed by atoms with E-state index >= 15 is 0 Å². The van der Waals surface area contributed by atoms with Crippen molar-refractivity contribution >= 4 is 87.2 Å². The van der Waals surface area contributed by atoms with Crippen molar-refractivity contribution in [1.82, 2.24) is 34.9 Å². The minimum atomic E-state index is -0.484. The molecule has 1 aliphatic heterocycles. The average molecular weight is 2040 g/mol. The number of rotatable bonds is 10. The Hall–Kier alpha value is -12.4. The van der Waals surface area contributed by atoms with Gasteiger partial charge in [-0.15, -0.1) is 165 Å². The molecule has 22 rings (SSSR count). The van der Waals surface area contributed by atoms with E-state index in [-0.39, 0.29) is 49.5 Å². The van der Waals surface area contributed by atoms with Crippen LogP contribution in [0.2, 0.25) is 10.3 Å². The van der Waals surface area contributed by atoms with Crippen LogP contribution in [0.4, 0.5) is 8.78 Å². The Bertz CT molecular complexity index is 6370. The van der Waals surface area contributed by atoms with E-state index in [9.17, 15) is 8.78 Å². The molecule has 0 saturated carbocycles. The molecule has 0 saturated heterocycles. The first kappa shape index (κ1) is 104. The van der Waals surface area contributed by atoms with Crippen molar-refractivity contribution in [2.45, 2.75) is 25.9 Å². The fraction of sp³-hybridized carbons (Fsp3) is 0.0348. The number of fused-ring (bicyclic) bond motifs is 6. The molecule has 673 valence electrons. The molecule has 0 N–H and O–H groups in total. The molecule has 1 aliphatic rings. The summed E-state index contributed by atoms with van der Waals surface area (Å²) in [6.45, 7) is 4.19. The van der Waals surface area contributed by atoms with Gasteiger partial charge in [0, 0.05) is 34.7 Å². The fourth-order valence-corrected chi connectivity index (χ4v) is 14.0. The monoisotopic (exact) mass is 2040 g/mol. The van der Waals surface area contributed by atoms with Crippen LogP contribution in [0.25, 0.3) is 161 Å². The third-order valence-corrected chi connectivity index (χ3v) is 20.1. The summed E-state index contributed by atoms with van der Waals surface area (Å²) < 4.78 is 26.3. The summed E-state index contributed by atoms with van der Waals surface area (Å²) in [5.74, 6) is -0.967. The molecule has 0 fully saturated rings. The second-order valence-corrected chi connectivity index (χ2v) is 29.5. The van der Waals surface area contributed by atoms with Crippen LogP contribution in [0.3, 0.4) is 0 Å². The zero-order valence-corrected chi connectivity index (χ0v) is 79.4. The van der Waals surface area contributed by atoms with Gasteiger partial charge >= 0.3 is 99.0 Å². The number of nitrogens with zero attached hydrogens (tertiary/aromatic N) is 8. The molecule has 134 heavy (non-hydrogen) atoms. The quantitative estimate of drug-likeness (QED) is 0.0581. The number of para-hydroxylation sites is 4. The summed E-state index contributed by atoms with van der Waals surface area (Å²) in [7, 11) is 8.53. The maximum absolute atomic E-state index is 13.1. The van der Waals surface area contributed by atoms with Gasteiger partial charge < -0.3 is 15.3 Å². The summed E-state index contributed by atoms with van der Waals surface area (Å²) in [4.78, 5) is 29.7. The van der Waals surface area contributed by atoms with Crippen LogP contribution in [-0.2, 0) is 78.6 Å². The molecule has 14 aromatic carbocycles. The molecule has 3 radical (unpaired) electrons. The van der Waals surface area contributed by atoms with Crippen molar-refractivity contribution in [3.8, 4) is 112 Å². The van der Waals surface area contributed by atoms with Crippen molar-refractivity contribution in [1.29, 1.82) is 0 Å². The van der Waals surface area contributed by atoms with E-state index in [2.05, 4.69) is 249 Å². The Labute approximate surface area is 846 Å². The van der Waals surface area contributed by atoms with Crippen molar-refractivity contribution in [2.24, 2.45) is 0 Å². The zero-order chi connectivity index (χ0) is 91.1. The Morgan fingerprint density at radius 3 is 0.709 bits per heavy atom. The molecule has 8 nitrogen and oxygen atoms in total. The molecule has 19 heteroatoms. The molecular weight excluding hydrogens is 1970 g/mol. The maximum Gasteiger partial charge on any atom is 3.00 e. The van der Waals surface area contributed by atoms with E-state index in [1.165, 1.54) is 33.7 Å². The van der Waals surface area contributed by atoms with Gasteiger partial charge in [-0.2, -0.15) is 219 Å². The number of hydrogen-bond donors (Lipinski definition) is 0. The molecule has 0 amide bonds. The van der Waals surface area contributed by atoms with Crippen molar-refractivity contribution in [3.05, 3.63) is 507 Å². The van der Waals surface area contributed by atoms with E-state index in [0.29, 0.717) is 33.8 Å². The van der Waals surface area contributed by atoms with Crippen LogP contribution in [0, 0.1) is 72.6 Å². The van der Waals surface area contributed by atoms with E-state index in [1.807, 2.05) is 279 Å². The number of pyridine rings is 5. The number of halogens is 6. The summed E-state index contributed by atoms with van der Waals surface area (Å²) in [5.41, 5.74) is 22.4. The van der Waals surface area contributed by atoms with Crippen LogP contribution in [0.1, 0.15) is 13.8 Å². The van der Waals surface area contributed by atoms with Crippen molar-refractivity contribution < 1.29 is 87.4 Å². The predicted octanol–water partition coefficient (Wildman–Crippen LogP) is 30.6. The molecule has 21 aromatic rings. The molecule has 0 spiro atoms. The molecule has 8 heterocycles. The standard InChI is InChI=1S/2C17H10ClN.2C17H10FN.C17H11N.2C12H8N.C6H10N.2ClH.5Ni/c4*18-17-11-5-10-16(19-17)15-9-4-8-14(12-15)13-6-2-1-3-7-13;1-2-7-14(8-3-1)15-9-6-10-16(13-15)17-11-4-5-12-18-17;2*1-3-7-11-9(5-1)10-6-2-4-8-12(10)13-11;1-5-3-4-6(2)7-5;;;;;;;/h4*1-6,8-11H;1-7,9-12H;2*1-8H;3-6H,1-2H3;2*1H;;;;;/q5*-2;3*-1;;;2*+1;3*+3/p-2. The minimum absolute atomic E-state index is 0. The molecule has 2 atom stereocenters. The first-order valence-corrected chi connectivity index (χ1v) is 44.7. The van der Waals surface area contributed by atoms with Gasteiger partial charge in [-0.3, -0.25) is 24.9 Å². The summed E-state index contributed by atoms with van der Waals surface area (Å²) >= 11 is 18.5. The van der Waals surface area contributed by atoms with E-state index in [0.717, 1.165) is 123 Å². The maximum atomic E-state index is 13.1. The third kappa shape index (κ3) is 30.6. The molecule has 7 aromatic heterocycles. The number of aromatic nitrogens is 7. The average Bonchev–Trinajstić information content (AvgIpc) is 1.65. The van der Waals surface area contributed by atoms with Gasteiger partial charge in [0.25, 0.3) is 0 Å². The van der Waals surface area contributed by atoms with Gasteiger partial charge in [-0.05, 0) is 51.9 Å². The largest absolute Gasteiger partial charge is 3.00 e. The SMILES string of the molecule is CC1C=CC(C)[N-]1.Clc1cccc(-c2[c-]c(-c3[c-]cccc3)ccc2)n1.Clc1cccc(-c2[c-]c(-c3[c-]cccc3)ccc2)n1.Fc1cccc(-c2[c-]c(-c3[c-]cccc3)ccc2)n1.Fc1cccc(-c2[c-]c(-c3[c-]cccc3)ccc2)n1.[Cl][Ni].[Cl][Ni].[Ni+3].[Ni+3].[Ni+3].[c-]1ccccc1-c1[c-]c(-c2ccccn2)ccc1.c1ccc2c(c1)[n-]c1ccccc12.c1ccc2c(c1)[n-]c1ccccc12. The molecule has 0 bridgehead atoms. The number of hydrogen-bond acceptors (Lipinski definition) is 5. The van der Waals surface area contributed by atoms with Gasteiger partial charge in [0.2, 0.25) is 11.9 Å². The summed E-state index contributed by atoms with van der Waals surface area (Å²) in [6.07, 6.45) is 6.06. The van der Waals surface area contributed by atoms with Crippen LogP contribution >= 0.6 is 43.6 Å². The van der Waals surface area contributed by atoms with E-state index in [1.54, 1.807) is 42.6 Å². The summed E-state index contributed by atoms with van der Waals surface area (Å²) in [5, 5.41) is 10.2. The second kappa shape index (κ2) is 55.3. The van der Waals surface area contributed by atoms with Crippen LogP contribution < -0.4 is 9.97 Å². The minimum Gasteiger partial charge on any atom is -0.657 e. The third-order valence-electron chi connectivity index (χ3n) is 19.7. The van der Waals surface area contributed by atoms with E-state index in [4.69, 9.17) is 23.2 Å². The topological polar surface area (TPSA) is 107 Å². The number of benzene rings is 14. The second-order valence-electron chi connectivity index (χ2n) is 28.7. The predicted molar refractivity (Wildman–Crippen MR) is 527 cm³/mol. The Kier molecular flexibility index (Phi) is 42.8.